The predicted octanol–water partition coefficient (Wildman–Crippen LogP) is 2.63. The van der Waals surface area contributed by atoms with E-state index in [1.54, 1.807) is 35.0 Å². The minimum Gasteiger partial charge on any atom is -0.461 e. The van der Waals surface area contributed by atoms with Crippen LogP contribution in [0.25, 0.3) is 16.2 Å². The summed E-state index contributed by atoms with van der Waals surface area (Å²) >= 11 is 1.61. The molecule has 0 spiro atoms. The van der Waals surface area contributed by atoms with Gasteiger partial charge < -0.3 is 4.74 Å². The number of rotatable bonds is 3. The van der Waals surface area contributed by atoms with E-state index in [9.17, 15) is 4.79 Å². The van der Waals surface area contributed by atoms with Gasteiger partial charge in [-0.2, -0.15) is 5.10 Å². The number of fused-ring (bicyclic) bond motifs is 1. The highest BCUT2D eigenvalue weighted by Crippen LogP contribution is 2.24. The molecule has 0 aromatic carbocycles. The van der Waals surface area contributed by atoms with Gasteiger partial charge in [-0.1, -0.05) is 6.07 Å². The molecule has 0 aliphatic carbocycles. The molecule has 6 heteroatoms. The topological polar surface area (TPSA) is 56.5 Å². The molecule has 0 aliphatic heterocycles. The number of esters is 1. The van der Waals surface area contributed by atoms with Crippen LogP contribution in [0, 0.1) is 0 Å². The van der Waals surface area contributed by atoms with Crippen LogP contribution in [0.3, 0.4) is 0 Å². The lowest BCUT2D eigenvalue weighted by Gasteiger charge is -2.00. The van der Waals surface area contributed by atoms with Crippen LogP contribution in [-0.4, -0.2) is 27.2 Å². The Bertz CT molecular complexity index is 719. The number of hydrogen-bond donors (Lipinski definition) is 0. The van der Waals surface area contributed by atoms with Gasteiger partial charge in [-0.25, -0.2) is 14.3 Å². The van der Waals surface area contributed by atoms with E-state index in [1.807, 2.05) is 23.6 Å². The van der Waals surface area contributed by atoms with E-state index in [0.717, 1.165) is 10.6 Å². The smallest absolute Gasteiger partial charge is 0.358 e. The molecule has 96 valence electrons. The maximum Gasteiger partial charge on any atom is 0.358 e. The zero-order chi connectivity index (χ0) is 13.2. The SMILES string of the molecule is CCOC(=O)c1cc2nccc(-c3cccs3)n2n1. The molecular weight excluding hydrogens is 262 g/mol. The first-order chi connectivity index (χ1) is 9.29. The fraction of sp³-hybridized carbons (Fsp3) is 0.154. The van der Waals surface area contributed by atoms with Crippen LogP contribution in [0.5, 0.6) is 0 Å². The second kappa shape index (κ2) is 4.81. The maximum absolute atomic E-state index is 11.7. The average molecular weight is 273 g/mol. The van der Waals surface area contributed by atoms with Gasteiger partial charge >= 0.3 is 5.97 Å². The average Bonchev–Trinajstić information content (AvgIpc) is 3.07. The van der Waals surface area contributed by atoms with Crippen molar-refractivity contribution < 1.29 is 9.53 Å². The summed E-state index contributed by atoms with van der Waals surface area (Å²) in [7, 11) is 0. The number of ether oxygens (including phenoxy) is 1. The summed E-state index contributed by atoms with van der Waals surface area (Å²) < 4.78 is 6.61. The number of carbonyl (C=O) groups excluding carboxylic acids is 1. The highest BCUT2D eigenvalue weighted by Gasteiger charge is 2.14. The summed E-state index contributed by atoms with van der Waals surface area (Å²) in [6.07, 6.45) is 1.71. The first-order valence-corrected chi connectivity index (χ1v) is 6.73. The molecule has 19 heavy (non-hydrogen) atoms. The zero-order valence-corrected chi connectivity index (χ0v) is 11.1. The molecule has 0 radical (unpaired) electrons. The fourth-order valence-electron chi connectivity index (χ4n) is 1.81. The predicted molar refractivity (Wildman–Crippen MR) is 72.3 cm³/mol. The van der Waals surface area contributed by atoms with Crippen molar-refractivity contribution in [3.8, 4) is 10.6 Å². The lowest BCUT2D eigenvalue weighted by Crippen LogP contribution is -2.05. The minimum absolute atomic E-state index is 0.276. The van der Waals surface area contributed by atoms with Crippen molar-refractivity contribution in [2.75, 3.05) is 6.61 Å². The molecule has 3 heterocycles. The second-order valence-corrected chi connectivity index (χ2v) is 4.78. The number of aromatic nitrogens is 3. The van der Waals surface area contributed by atoms with Crippen molar-refractivity contribution in [2.24, 2.45) is 0 Å². The van der Waals surface area contributed by atoms with Gasteiger partial charge in [0.15, 0.2) is 11.3 Å². The van der Waals surface area contributed by atoms with E-state index in [1.165, 1.54) is 0 Å². The van der Waals surface area contributed by atoms with Crippen molar-refractivity contribution in [1.82, 2.24) is 14.6 Å². The molecule has 0 unspecified atom stereocenters. The fourth-order valence-corrected chi connectivity index (χ4v) is 2.55. The Morgan fingerprint density at radius 3 is 3.11 bits per heavy atom. The van der Waals surface area contributed by atoms with Gasteiger partial charge in [0.05, 0.1) is 17.2 Å². The van der Waals surface area contributed by atoms with Crippen LogP contribution in [0.2, 0.25) is 0 Å². The molecule has 3 aromatic heterocycles. The maximum atomic E-state index is 11.7. The molecule has 3 aromatic rings. The molecule has 5 nitrogen and oxygen atoms in total. The number of nitrogens with zero attached hydrogens (tertiary/aromatic N) is 3. The van der Waals surface area contributed by atoms with Crippen molar-refractivity contribution in [3.05, 3.63) is 41.5 Å². The van der Waals surface area contributed by atoms with Gasteiger partial charge in [-0.05, 0) is 24.4 Å². The Labute approximate surface area is 113 Å². The van der Waals surface area contributed by atoms with Crippen LogP contribution in [0.1, 0.15) is 17.4 Å². The van der Waals surface area contributed by atoms with Crippen molar-refractivity contribution in [2.45, 2.75) is 6.92 Å². The van der Waals surface area contributed by atoms with Crippen LogP contribution in [0.4, 0.5) is 0 Å². The van der Waals surface area contributed by atoms with Gasteiger partial charge in [0.25, 0.3) is 0 Å². The zero-order valence-electron chi connectivity index (χ0n) is 10.2. The van der Waals surface area contributed by atoms with E-state index in [2.05, 4.69) is 10.1 Å². The van der Waals surface area contributed by atoms with Crippen molar-refractivity contribution in [3.63, 3.8) is 0 Å². The molecule has 0 saturated heterocycles. The van der Waals surface area contributed by atoms with Crippen LogP contribution >= 0.6 is 11.3 Å². The largest absolute Gasteiger partial charge is 0.461 e. The van der Waals surface area contributed by atoms with E-state index in [0.29, 0.717) is 12.3 Å². The van der Waals surface area contributed by atoms with E-state index < -0.39 is 5.97 Å². The quantitative estimate of drug-likeness (QED) is 0.688. The Morgan fingerprint density at radius 1 is 1.47 bits per heavy atom. The Kier molecular flexibility index (Phi) is 3.00. The van der Waals surface area contributed by atoms with Gasteiger partial charge in [-0.15, -0.1) is 11.3 Å². The third kappa shape index (κ3) is 2.10. The highest BCUT2D eigenvalue weighted by molar-refractivity contribution is 7.13. The molecule has 0 atom stereocenters. The third-order valence-corrected chi connectivity index (χ3v) is 3.51. The Morgan fingerprint density at radius 2 is 2.37 bits per heavy atom. The van der Waals surface area contributed by atoms with E-state index in [-0.39, 0.29) is 5.69 Å². The lowest BCUT2D eigenvalue weighted by molar-refractivity contribution is 0.0519. The van der Waals surface area contributed by atoms with Crippen LogP contribution in [0.15, 0.2) is 35.8 Å². The summed E-state index contributed by atoms with van der Waals surface area (Å²) in [5, 5.41) is 6.27. The van der Waals surface area contributed by atoms with Gasteiger partial charge in [0.2, 0.25) is 0 Å². The molecule has 0 saturated carbocycles. The minimum atomic E-state index is -0.426. The summed E-state index contributed by atoms with van der Waals surface area (Å²) in [6, 6.07) is 7.49. The van der Waals surface area contributed by atoms with Gasteiger partial charge in [0, 0.05) is 12.3 Å². The van der Waals surface area contributed by atoms with E-state index in [4.69, 9.17) is 4.74 Å². The summed E-state index contributed by atoms with van der Waals surface area (Å²) in [5.74, 6) is -0.426. The van der Waals surface area contributed by atoms with Gasteiger partial charge in [-0.3, -0.25) is 0 Å². The molecule has 0 amide bonds. The Hall–Kier alpha value is -2.21. The van der Waals surface area contributed by atoms with Crippen molar-refractivity contribution >= 4 is 23.0 Å². The summed E-state index contributed by atoms with van der Waals surface area (Å²) in [4.78, 5) is 17.0. The lowest BCUT2D eigenvalue weighted by atomic mass is 10.3. The highest BCUT2D eigenvalue weighted by atomic mass is 32.1. The van der Waals surface area contributed by atoms with Crippen LogP contribution < -0.4 is 0 Å². The Balaban J connectivity index is 2.13. The molecule has 3 rings (SSSR count). The van der Waals surface area contributed by atoms with Crippen molar-refractivity contribution in [1.29, 1.82) is 0 Å². The molecular formula is C13H11N3O2S. The number of thiophene rings is 1. The normalized spacial score (nSPS) is 10.8. The first kappa shape index (κ1) is 11.9. The third-order valence-electron chi connectivity index (χ3n) is 2.62. The van der Waals surface area contributed by atoms with Crippen LogP contribution in [-0.2, 0) is 4.74 Å². The molecule has 0 aliphatic rings. The summed E-state index contributed by atoms with van der Waals surface area (Å²) in [5.41, 5.74) is 1.82. The monoisotopic (exact) mass is 273 g/mol. The molecule has 0 fully saturated rings. The molecule has 0 bridgehead atoms. The van der Waals surface area contributed by atoms with Gasteiger partial charge in [0.1, 0.15) is 0 Å². The number of carbonyl (C=O) groups is 1. The summed E-state index contributed by atoms with van der Waals surface area (Å²) in [6.45, 7) is 2.10. The number of hydrogen-bond acceptors (Lipinski definition) is 5. The standard InChI is InChI=1S/C13H11N3O2S/c1-2-18-13(17)9-8-12-14-6-5-10(16(12)15-9)11-4-3-7-19-11/h3-8H,2H2,1H3. The second-order valence-electron chi connectivity index (χ2n) is 3.83. The van der Waals surface area contributed by atoms with E-state index >= 15 is 0 Å². The molecule has 0 N–H and O–H groups in total. The first-order valence-electron chi connectivity index (χ1n) is 5.85.